The SMILES string of the molecule is Nc1cccc2c1CCN(C(=O)C1CCOC1)C2. The van der Waals surface area contributed by atoms with Gasteiger partial charge >= 0.3 is 0 Å². The molecule has 1 saturated heterocycles. The molecule has 2 heterocycles. The van der Waals surface area contributed by atoms with E-state index in [1.807, 2.05) is 17.0 Å². The Bertz CT molecular complexity index is 467. The van der Waals surface area contributed by atoms with Crippen molar-refractivity contribution in [1.82, 2.24) is 4.90 Å². The number of benzene rings is 1. The zero-order chi connectivity index (χ0) is 12.5. The van der Waals surface area contributed by atoms with Crippen molar-refractivity contribution < 1.29 is 9.53 Å². The first-order valence-corrected chi connectivity index (χ1v) is 6.48. The molecule has 4 nitrogen and oxygen atoms in total. The second kappa shape index (κ2) is 4.61. The predicted octanol–water partition coefficient (Wildman–Crippen LogP) is 1.19. The first kappa shape index (κ1) is 11.5. The maximum Gasteiger partial charge on any atom is 0.228 e. The number of carbonyl (C=O) groups is 1. The fourth-order valence-corrected chi connectivity index (χ4v) is 2.81. The van der Waals surface area contributed by atoms with Crippen LogP contribution in [0.15, 0.2) is 18.2 Å². The molecule has 2 N–H and O–H groups in total. The quantitative estimate of drug-likeness (QED) is 0.757. The van der Waals surface area contributed by atoms with Gasteiger partial charge in [-0.15, -0.1) is 0 Å². The van der Waals surface area contributed by atoms with E-state index in [-0.39, 0.29) is 11.8 Å². The Morgan fingerprint density at radius 1 is 1.44 bits per heavy atom. The molecule has 1 unspecified atom stereocenters. The monoisotopic (exact) mass is 246 g/mol. The van der Waals surface area contributed by atoms with Crippen LogP contribution >= 0.6 is 0 Å². The number of anilines is 1. The topological polar surface area (TPSA) is 55.6 Å². The summed E-state index contributed by atoms with van der Waals surface area (Å²) in [6.07, 6.45) is 1.72. The van der Waals surface area contributed by atoms with Gasteiger partial charge in [-0.2, -0.15) is 0 Å². The lowest BCUT2D eigenvalue weighted by Gasteiger charge is -2.31. The number of carbonyl (C=O) groups excluding carboxylic acids is 1. The largest absolute Gasteiger partial charge is 0.398 e. The van der Waals surface area contributed by atoms with E-state index in [0.717, 1.165) is 25.1 Å². The van der Waals surface area contributed by atoms with Crippen molar-refractivity contribution >= 4 is 11.6 Å². The van der Waals surface area contributed by atoms with Gasteiger partial charge in [0.1, 0.15) is 0 Å². The maximum atomic E-state index is 12.3. The van der Waals surface area contributed by atoms with Crippen LogP contribution in [-0.4, -0.2) is 30.6 Å². The molecule has 1 fully saturated rings. The van der Waals surface area contributed by atoms with Gasteiger partial charge in [0.2, 0.25) is 5.91 Å². The van der Waals surface area contributed by atoms with E-state index in [4.69, 9.17) is 10.5 Å². The molecule has 18 heavy (non-hydrogen) atoms. The van der Waals surface area contributed by atoms with Crippen LogP contribution in [0, 0.1) is 5.92 Å². The lowest BCUT2D eigenvalue weighted by Crippen LogP contribution is -2.40. The van der Waals surface area contributed by atoms with Gasteiger partial charge < -0.3 is 15.4 Å². The third kappa shape index (κ3) is 1.97. The average molecular weight is 246 g/mol. The molecule has 2 aliphatic rings. The zero-order valence-corrected chi connectivity index (χ0v) is 10.4. The Morgan fingerprint density at radius 3 is 3.11 bits per heavy atom. The highest BCUT2D eigenvalue weighted by molar-refractivity contribution is 5.79. The minimum Gasteiger partial charge on any atom is -0.398 e. The van der Waals surface area contributed by atoms with Gasteiger partial charge in [0.15, 0.2) is 0 Å². The molecule has 0 radical (unpaired) electrons. The number of nitrogen functional groups attached to an aromatic ring is 1. The van der Waals surface area contributed by atoms with E-state index in [1.165, 1.54) is 11.1 Å². The van der Waals surface area contributed by atoms with Gasteiger partial charge in [-0.1, -0.05) is 12.1 Å². The predicted molar refractivity (Wildman–Crippen MR) is 68.9 cm³/mol. The van der Waals surface area contributed by atoms with Crippen LogP contribution in [0.3, 0.4) is 0 Å². The smallest absolute Gasteiger partial charge is 0.228 e. The molecule has 1 atom stereocenters. The van der Waals surface area contributed by atoms with E-state index in [2.05, 4.69) is 6.07 Å². The summed E-state index contributed by atoms with van der Waals surface area (Å²) in [6, 6.07) is 5.96. The summed E-state index contributed by atoms with van der Waals surface area (Å²) in [5, 5.41) is 0. The molecule has 0 spiro atoms. The standard InChI is InChI=1S/C14H18N2O2/c15-13-3-1-2-10-8-16(6-4-12(10)13)14(17)11-5-7-18-9-11/h1-3,11H,4-9,15H2. The van der Waals surface area contributed by atoms with Crippen molar-refractivity contribution in [2.75, 3.05) is 25.5 Å². The summed E-state index contributed by atoms with van der Waals surface area (Å²) in [5.74, 6) is 0.299. The van der Waals surface area contributed by atoms with Crippen molar-refractivity contribution in [3.8, 4) is 0 Å². The van der Waals surface area contributed by atoms with Gasteiger partial charge in [0.05, 0.1) is 12.5 Å². The summed E-state index contributed by atoms with van der Waals surface area (Å²) >= 11 is 0. The number of fused-ring (bicyclic) bond motifs is 1. The molecular weight excluding hydrogens is 228 g/mol. The van der Waals surface area contributed by atoms with Crippen LogP contribution in [0.5, 0.6) is 0 Å². The number of hydrogen-bond donors (Lipinski definition) is 1. The normalized spacial score (nSPS) is 22.9. The summed E-state index contributed by atoms with van der Waals surface area (Å²) in [5.41, 5.74) is 9.21. The molecular formula is C14H18N2O2. The van der Waals surface area contributed by atoms with Gasteiger partial charge in [-0.3, -0.25) is 4.79 Å². The Morgan fingerprint density at radius 2 is 2.33 bits per heavy atom. The van der Waals surface area contributed by atoms with Gasteiger partial charge in [-0.25, -0.2) is 0 Å². The number of amides is 1. The first-order valence-electron chi connectivity index (χ1n) is 6.48. The minimum atomic E-state index is 0.0626. The molecule has 1 aromatic carbocycles. The fourth-order valence-electron chi connectivity index (χ4n) is 2.81. The van der Waals surface area contributed by atoms with Gasteiger partial charge in [0.25, 0.3) is 0 Å². The number of nitrogens with two attached hydrogens (primary N) is 1. The van der Waals surface area contributed by atoms with Crippen molar-refractivity contribution in [3.63, 3.8) is 0 Å². The maximum absolute atomic E-state index is 12.3. The van der Waals surface area contributed by atoms with Crippen LogP contribution in [0.25, 0.3) is 0 Å². The molecule has 0 aromatic heterocycles. The second-order valence-electron chi connectivity index (χ2n) is 5.06. The number of ether oxygens (including phenoxy) is 1. The molecule has 0 bridgehead atoms. The van der Waals surface area contributed by atoms with Crippen molar-refractivity contribution in [3.05, 3.63) is 29.3 Å². The number of rotatable bonds is 1. The van der Waals surface area contributed by atoms with Crippen LogP contribution in [0.4, 0.5) is 5.69 Å². The van der Waals surface area contributed by atoms with Crippen molar-refractivity contribution in [2.45, 2.75) is 19.4 Å². The Kier molecular flexibility index (Phi) is 2.96. The fraction of sp³-hybridized carbons (Fsp3) is 0.500. The summed E-state index contributed by atoms with van der Waals surface area (Å²) < 4.78 is 5.29. The minimum absolute atomic E-state index is 0.0626. The molecule has 0 aliphatic carbocycles. The molecule has 1 aromatic rings. The lowest BCUT2D eigenvalue weighted by molar-refractivity contribution is -0.136. The average Bonchev–Trinajstić information content (AvgIpc) is 2.91. The molecule has 0 saturated carbocycles. The highest BCUT2D eigenvalue weighted by Crippen LogP contribution is 2.26. The summed E-state index contributed by atoms with van der Waals surface area (Å²) in [7, 11) is 0. The van der Waals surface area contributed by atoms with Crippen molar-refractivity contribution in [1.29, 1.82) is 0 Å². The molecule has 1 amide bonds. The molecule has 96 valence electrons. The van der Waals surface area contributed by atoms with Crippen LogP contribution in [0.1, 0.15) is 17.5 Å². The molecule has 3 rings (SSSR count). The van der Waals surface area contributed by atoms with E-state index in [0.29, 0.717) is 19.8 Å². The molecule has 2 aliphatic heterocycles. The third-order valence-electron chi connectivity index (χ3n) is 3.89. The number of hydrogen-bond acceptors (Lipinski definition) is 3. The molecule has 4 heteroatoms. The van der Waals surface area contributed by atoms with Crippen LogP contribution in [0.2, 0.25) is 0 Å². The van der Waals surface area contributed by atoms with Gasteiger partial charge in [-0.05, 0) is 30.0 Å². The first-order chi connectivity index (χ1) is 8.75. The van der Waals surface area contributed by atoms with Crippen molar-refractivity contribution in [2.24, 2.45) is 5.92 Å². The highest BCUT2D eigenvalue weighted by Gasteiger charge is 2.30. The van der Waals surface area contributed by atoms with E-state index >= 15 is 0 Å². The van der Waals surface area contributed by atoms with Crippen LogP contribution < -0.4 is 5.73 Å². The second-order valence-corrected chi connectivity index (χ2v) is 5.06. The van der Waals surface area contributed by atoms with Crippen LogP contribution in [-0.2, 0) is 22.5 Å². The summed E-state index contributed by atoms with van der Waals surface area (Å²) in [6.45, 7) is 2.76. The van der Waals surface area contributed by atoms with E-state index < -0.39 is 0 Å². The lowest BCUT2D eigenvalue weighted by atomic mass is 9.96. The highest BCUT2D eigenvalue weighted by atomic mass is 16.5. The zero-order valence-electron chi connectivity index (χ0n) is 10.4. The van der Waals surface area contributed by atoms with E-state index in [9.17, 15) is 4.79 Å². The van der Waals surface area contributed by atoms with E-state index in [1.54, 1.807) is 0 Å². The Balaban J connectivity index is 1.76. The van der Waals surface area contributed by atoms with Gasteiger partial charge in [0, 0.05) is 25.4 Å². The third-order valence-corrected chi connectivity index (χ3v) is 3.89. The Labute approximate surface area is 107 Å². The summed E-state index contributed by atoms with van der Waals surface area (Å²) in [4.78, 5) is 14.3. The number of nitrogens with zero attached hydrogens (tertiary/aromatic N) is 1. The Hall–Kier alpha value is -1.55.